The van der Waals surface area contributed by atoms with Gasteiger partial charge in [-0.1, -0.05) is 0 Å². The van der Waals surface area contributed by atoms with Crippen LogP contribution in [0.4, 0.5) is 13.2 Å². The first-order valence-corrected chi connectivity index (χ1v) is 11.6. The molecule has 3 unspecified atom stereocenters. The number of fused-ring (bicyclic) bond motifs is 1. The molecule has 1 saturated carbocycles. The molecule has 0 radical (unpaired) electrons. The molecular weight excluding hydrogens is 453 g/mol. The highest BCUT2D eigenvalue weighted by atomic mass is 32.1. The molecule has 0 bridgehead atoms. The van der Waals surface area contributed by atoms with Crippen molar-refractivity contribution < 1.29 is 32.5 Å². The lowest BCUT2D eigenvalue weighted by Gasteiger charge is -2.39. The molecule has 1 aliphatic carbocycles. The van der Waals surface area contributed by atoms with Crippen LogP contribution in [0, 0.1) is 12.8 Å². The maximum atomic E-state index is 10.6. The Hall–Kier alpha value is -1.53. The largest absolute Gasteiger partial charge is 0.490 e. The van der Waals surface area contributed by atoms with E-state index in [-0.39, 0.29) is 0 Å². The van der Waals surface area contributed by atoms with E-state index in [0.717, 1.165) is 31.3 Å². The van der Waals surface area contributed by atoms with Gasteiger partial charge in [-0.25, -0.2) is 9.78 Å². The number of thiophene rings is 1. The number of nitrogens with zero attached hydrogens (tertiary/aromatic N) is 2. The van der Waals surface area contributed by atoms with Gasteiger partial charge >= 0.3 is 12.1 Å². The normalized spacial score (nSPS) is 23.8. The van der Waals surface area contributed by atoms with Crippen LogP contribution in [0.2, 0.25) is 0 Å². The molecule has 0 spiro atoms. The highest BCUT2D eigenvalue weighted by molar-refractivity contribution is 7.11. The molecule has 31 heavy (non-hydrogen) atoms. The number of alkyl halides is 3. The average molecular weight is 479 g/mol. The number of carbonyl (C=O) groups is 1. The number of halogens is 3. The second-order valence-electron chi connectivity index (χ2n) is 7.47. The summed E-state index contributed by atoms with van der Waals surface area (Å²) >= 11 is 3.57. The maximum Gasteiger partial charge on any atom is 0.490 e. The first-order valence-electron chi connectivity index (χ1n) is 9.91. The molecule has 1 N–H and O–H groups in total. The zero-order valence-electron chi connectivity index (χ0n) is 17.0. The monoisotopic (exact) mass is 478 g/mol. The van der Waals surface area contributed by atoms with Gasteiger partial charge in [0.2, 0.25) is 0 Å². The molecule has 0 aromatic carbocycles. The lowest BCUT2D eigenvalue weighted by Crippen LogP contribution is -2.50. The van der Waals surface area contributed by atoms with E-state index in [1.165, 1.54) is 22.6 Å². The smallest absolute Gasteiger partial charge is 0.475 e. The van der Waals surface area contributed by atoms with Crippen molar-refractivity contribution in [1.29, 1.82) is 0 Å². The lowest BCUT2D eigenvalue weighted by atomic mass is 10.0. The van der Waals surface area contributed by atoms with Gasteiger partial charge in [0.15, 0.2) is 0 Å². The van der Waals surface area contributed by atoms with E-state index in [4.69, 9.17) is 19.4 Å². The third kappa shape index (κ3) is 6.98. The van der Waals surface area contributed by atoms with E-state index in [1.54, 1.807) is 11.3 Å². The number of morpholine rings is 1. The van der Waals surface area contributed by atoms with E-state index in [1.807, 2.05) is 22.9 Å². The van der Waals surface area contributed by atoms with Gasteiger partial charge in [0.25, 0.3) is 0 Å². The summed E-state index contributed by atoms with van der Waals surface area (Å²) in [6, 6.07) is 5.05. The van der Waals surface area contributed by atoms with Crippen molar-refractivity contribution in [3.63, 3.8) is 0 Å². The molecule has 3 heterocycles. The molecule has 3 atom stereocenters. The number of thiazole rings is 1. The quantitative estimate of drug-likeness (QED) is 0.666. The van der Waals surface area contributed by atoms with Crippen LogP contribution < -0.4 is 0 Å². The number of aromatic nitrogens is 1. The molecule has 11 heteroatoms. The lowest BCUT2D eigenvalue weighted by molar-refractivity contribution is -0.192. The number of carboxylic acid groups (broad SMARTS) is 1. The number of aryl methyl sites for hydroxylation is 1. The minimum absolute atomic E-state index is 0.330. The standard InChI is InChI=1S/C18H24N2O2S2.C2HF3O2/c1-13-2-4-15(24-13)10-20-7-8-22-18-14(3-5-16(18)20)11-21-12-17-19-6-9-23-17;3-2(4,5)1(6)7/h2,4,6,9,14,16,18H,3,5,7-8,10-12H2,1H3;(H,6,7). The number of hydrogen-bond donors (Lipinski definition) is 1. The Morgan fingerprint density at radius 3 is 2.77 bits per heavy atom. The van der Waals surface area contributed by atoms with Gasteiger partial charge in [0.05, 0.1) is 25.9 Å². The van der Waals surface area contributed by atoms with E-state index in [2.05, 4.69) is 28.9 Å². The third-order valence-electron chi connectivity index (χ3n) is 5.27. The number of rotatable bonds is 6. The molecule has 2 aliphatic rings. The molecule has 2 aromatic rings. The van der Waals surface area contributed by atoms with Crippen LogP contribution in [0.5, 0.6) is 0 Å². The van der Waals surface area contributed by atoms with Crippen molar-refractivity contribution in [3.8, 4) is 0 Å². The highest BCUT2D eigenvalue weighted by Gasteiger charge is 2.42. The molecule has 0 amide bonds. The second-order valence-corrected chi connectivity index (χ2v) is 9.82. The molecule has 6 nitrogen and oxygen atoms in total. The highest BCUT2D eigenvalue weighted by Crippen LogP contribution is 2.36. The fourth-order valence-electron chi connectivity index (χ4n) is 3.90. The van der Waals surface area contributed by atoms with Crippen LogP contribution >= 0.6 is 22.7 Å². The Kier molecular flexibility index (Phi) is 8.45. The fourth-order valence-corrected chi connectivity index (χ4v) is 5.37. The van der Waals surface area contributed by atoms with Crippen molar-refractivity contribution in [3.05, 3.63) is 38.5 Å². The number of carboxylic acids is 1. The van der Waals surface area contributed by atoms with Crippen molar-refractivity contribution in [2.75, 3.05) is 19.8 Å². The van der Waals surface area contributed by atoms with E-state index < -0.39 is 12.1 Å². The fraction of sp³-hybridized carbons (Fsp3) is 0.600. The summed E-state index contributed by atoms with van der Waals surface area (Å²) in [5, 5.41) is 10.2. The summed E-state index contributed by atoms with van der Waals surface area (Å²) in [6.45, 7) is 6.55. The van der Waals surface area contributed by atoms with Crippen molar-refractivity contribution >= 4 is 28.6 Å². The predicted octanol–water partition coefficient (Wildman–Crippen LogP) is 4.34. The number of aliphatic carboxylic acids is 1. The van der Waals surface area contributed by atoms with Crippen LogP contribution in [0.15, 0.2) is 23.7 Å². The first kappa shape index (κ1) is 24.1. The molecule has 172 valence electrons. The summed E-state index contributed by atoms with van der Waals surface area (Å²) in [5.41, 5.74) is 0. The summed E-state index contributed by atoms with van der Waals surface area (Å²) in [7, 11) is 0. The van der Waals surface area contributed by atoms with Crippen molar-refractivity contribution in [1.82, 2.24) is 9.88 Å². The number of ether oxygens (including phenoxy) is 2. The Balaban J connectivity index is 0.000000339. The van der Waals surface area contributed by atoms with E-state index in [9.17, 15) is 13.2 Å². The molecule has 4 rings (SSSR count). The zero-order chi connectivity index (χ0) is 22.4. The minimum Gasteiger partial charge on any atom is -0.475 e. The minimum atomic E-state index is -5.08. The van der Waals surface area contributed by atoms with Gasteiger partial charge in [-0.05, 0) is 31.9 Å². The summed E-state index contributed by atoms with van der Waals surface area (Å²) in [4.78, 5) is 18.7. The van der Waals surface area contributed by atoms with Gasteiger partial charge in [0, 0.05) is 46.4 Å². The number of hydrogen-bond acceptors (Lipinski definition) is 7. The van der Waals surface area contributed by atoms with Gasteiger partial charge in [0.1, 0.15) is 5.01 Å². The first-order chi connectivity index (χ1) is 14.7. The van der Waals surface area contributed by atoms with Gasteiger partial charge in [-0.15, -0.1) is 22.7 Å². The van der Waals surface area contributed by atoms with Gasteiger partial charge < -0.3 is 14.6 Å². The maximum absolute atomic E-state index is 10.6. The van der Waals surface area contributed by atoms with Gasteiger partial charge in [-0.3, -0.25) is 4.90 Å². The Morgan fingerprint density at radius 1 is 1.39 bits per heavy atom. The van der Waals surface area contributed by atoms with Crippen molar-refractivity contribution in [2.24, 2.45) is 5.92 Å². The summed E-state index contributed by atoms with van der Waals surface area (Å²) in [5.74, 6) is -2.24. The van der Waals surface area contributed by atoms with Crippen LogP contribution in [-0.2, 0) is 27.4 Å². The van der Waals surface area contributed by atoms with Crippen molar-refractivity contribution in [2.45, 2.75) is 51.2 Å². The Morgan fingerprint density at radius 2 is 2.16 bits per heavy atom. The van der Waals surface area contributed by atoms with Crippen LogP contribution in [0.3, 0.4) is 0 Å². The zero-order valence-corrected chi connectivity index (χ0v) is 18.6. The molecular formula is C20H25F3N2O4S2. The Labute approximate surface area is 186 Å². The topological polar surface area (TPSA) is 71.9 Å². The van der Waals surface area contributed by atoms with Crippen LogP contribution in [0.1, 0.15) is 27.6 Å². The third-order valence-corrected chi connectivity index (χ3v) is 7.01. The Bertz CT molecular complexity index is 829. The molecule has 2 fully saturated rings. The second kappa shape index (κ2) is 10.9. The molecule has 1 saturated heterocycles. The van der Waals surface area contributed by atoms with Crippen LogP contribution in [0.25, 0.3) is 0 Å². The van der Waals surface area contributed by atoms with Gasteiger partial charge in [-0.2, -0.15) is 13.2 Å². The summed E-state index contributed by atoms with van der Waals surface area (Å²) in [6.07, 6.45) is -0.493. The van der Waals surface area contributed by atoms with E-state index in [0.29, 0.717) is 24.7 Å². The predicted molar refractivity (Wildman–Crippen MR) is 111 cm³/mol. The van der Waals surface area contributed by atoms with Crippen LogP contribution in [-0.4, -0.2) is 59.0 Å². The average Bonchev–Trinajstić information content (AvgIpc) is 3.44. The molecule has 1 aliphatic heterocycles. The molecule has 2 aromatic heterocycles. The SMILES string of the molecule is Cc1ccc(CN2CCOC3C(COCc4nccs4)CCC32)s1.O=C(O)C(F)(F)F. The summed E-state index contributed by atoms with van der Waals surface area (Å²) < 4.78 is 43.8. The van der Waals surface area contributed by atoms with E-state index >= 15 is 0 Å².